The van der Waals surface area contributed by atoms with Crippen LogP contribution in [0, 0.1) is 0 Å². The number of aliphatic carboxylic acids is 1. The molecule has 0 spiro atoms. The molecular weight excluding hydrogens is 414 g/mol. The number of ether oxygens (including phenoxy) is 1. The highest BCUT2D eigenvalue weighted by Crippen LogP contribution is 2.35. The largest absolute Gasteiger partial charge is 0.478 e. The number of methoxy groups -OCH3 is 1. The van der Waals surface area contributed by atoms with Gasteiger partial charge in [0.25, 0.3) is 0 Å². The molecule has 0 amide bonds. The Hall–Kier alpha value is -3.38. The average molecular weight is 448 g/mol. The molecule has 1 atom stereocenters. The van der Waals surface area contributed by atoms with Crippen LogP contribution in [0.4, 0.5) is 11.4 Å². The standard InChI is InChI=1S/C27H33N3O3/c1-19(25(27(31)32)14-15-28-2)29-17-22-7-5-6-21-16-24(12-13-26(21)22)30(3)23-10-8-20(9-11-23)18-33-4/h8-16,22,29H,2,5-7,17-18H2,1,3-4H3,(H,31,32)/b15-14-,25-19-/t22-/m0/s1. The Morgan fingerprint density at radius 1 is 1.27 bits per heavy atom. The number of carboxylic acids is 1. The minimum Gasteiger partial charge on any atom is -0.478 e. The van der Waals surface area contributed by atoms with E-state index in [0.717, 1.165) is 36.2 Å². The molecule has 33 heavy (non-hydrogen) atoms. The second-order valence-corrected chi connectivity index (χ2v) is 8.35. The van der Waals surface area contributed by atoms with Gasteiger partial charge in [-0.25, -0.2) is 4.79 Å². The first kappa shape index (κ1) is 24.3. The van der Waals surface area contributed by atoms with Gasteiger partial charge in [0.2, 0.25) is 0 Å². The van der Waals surface area contributed by atoms with E-state index in [4.69, 9.17) is 4.74 Å². The Morgan fingerprint density at radius 2 is 2.00 bits per heavy atom. The quantitative estimate of drug-likeness (QED) is 0.298. The van der Waals surface area contributed by atoms with E-state index in [1.54, 1.807) is 14.0 Å². The van der Waals surface area contributed by atoms with Crippen molar-refractivity contribution in [1.82, 2.24) is 5.32 Å². The molecule has 6 nitrogen and oxygen atoms in total. The molecule has 0 unspecified atom stereocenters. The Bertz CT molecular complexity index is 1040. The molecule has 0 bridgehead atoms. The van der Waals surface area contributed by atoms with Crippen LogP contribution in [0.5, 0.6) is 0 Å². The number of fused-ring (bicyclic) bond motifs is 1. The number of hydrogen-bond donors (Lipinski definition) is 2. The number of hydrogen-bond acceptors (Lipinski definition) is 5. The molecule has 0 saturated heterocycles. The molecule has 0 aliphatic heterocycles. The van der Waals surface area contributed by atoms with Gasteiger partial charge in [0.05, 0.1) is 12.2 Å². The summed E-state index contributed by atoms with van der Waals surface area (Å²) in [4.78, 5) is 17.4. The predicted molar refractivity (Wildman–Crippen MR) is 134 cm³/mol. The zero-order valence-corrected chi connectivity index (χ0v) is 19.7. The summed E-state index contributed by atoms with van der Waals surface area (Å²) in [5, 5.41) is 12.8. The number of rotatable bonds is 10. The number of carboxylic acid groups (broad SMARTS) is 1. The summed E-state index contributed by atoms with van der Waals surface area (Å²) < 4.78 is 5.20. The summed E-state index contributed by atoms with van der Waals surface area (Å²) in [5.41, 5.74) is 6.98. The van der Waals surface area contributed by atoms with Crippen LogP contribution in [0.1, 0.15) is 42.4 Å². The smallest absolute Gasteiger partial charge is 0.337 e. The van der Waals surface area contributed by atoms with Gasteiger partial charge < -0.3 is 20.1 Å². The first-order valence-electron chi connectivity index (χ1n) is 11.2. The lowest BCUT2D eigenvalue weighted by Gasteiger charge is -2.28. The third-order valence-electron chi connectivity index (χ3n) is 6.18. The second-order valence-electron chi connectivity index (χ2n) is 8.35. The van der Waals surface area contributed by atoms with Crippen molar-refractivity contribution in [2.75, 3.05) is 25.6 Å². The highest BCUT2D eigenvalue weighted by Gasteiger charge is 2.21. The monoisotopic (exact) mass is 447 g/mol. The van der Waals surface area contributed by atoms with Gasteiger partial charge in [-0.3, -0.25) is 4.99 Å². The van der Waals surface area contributed by atoms with E-state index >= 15 is 0 Å². The van der Waals surface area contributed by atoms with Gasteiger partial charge in [-0.2, -0.15) is 0 Å². The number of benzene rings is 2. The molecule has 0 heterocycles. The number of aliphatic imine (C=N–C) groups is 1. The molecule has 0 radical (unpaired) electrons. The van der Waals surface area contributed by atoms with Crippen LogP contribution >= 0.6 is 0 Å². The molecule has 2 aromatic carbocycles. The van der Waals surface area contributed by atoms with Crippen molar-refractivity contribution in [2.24, 2.45) is 4.99 Å². The van der Waals surface area contributed by atoms with E-state index in [1.165, 1.54) is 23.4 Å². The van der Waals surface area contributed by atoms with Crippen LogP contribution in [-0.4, -0.2) is 38.5 Å². The molecular formula is C27H33N3O3. The van der Waals surface area contributed by atoms with Crippen molar-refractivity contribution >= 4 is 24.1 Å². The van der Waals surface area contributed by atoms with Crippen LogP contribution < -0.4 is 10.2 Å². The molecule has 1 aliphatic carbocycles. The Balaban J connectivity index is 1.75. The molecule has 0 saturated carbocycles. The lowest BCUT2D eigenvalue weighted by Crippen LogP contribution is -2.25. The van der Waals surface area contributed by atoms with Gasteiger partial charge in [-0.05, 0) is 79.9 Å². The molecule has 2 N–H and O–H groups in total. The molecule has 2 aromatic rings. The van der Waals surface area contributed by atoms with Gasteiger partial charge in [0.1, 0.15) is 0 Å². The van der Waals surface area contributed by atoms with E-state index in [0.29, 0.717) is 24.8 Å². The summed E-state index contributed by atoms with van der Waals surface area (Å²) >= 11 is 0. The molecule has 1 aliphatic rings. The summed E-state index contributed by atoms with van der Waals surface area (Å²) in [7, 11) is 3.79. The summed E-state index contributed by atoms with van der Waals surface area (Å²) in [6.07, 6.45) is 6.12. The van der Waals surface area contributed by atoms with E-state index < -0.39 is 5.97 Å². The van der Waals surface area contributed by atoms with Gasteiger partial charge in [-0.1, -0.05) is 18.2 Å². The van der Waals surface area contributed by atoms with Crippen molar-refractivity contribution in [3.05, 3.63) is 82.7 Å². The lowest BCUT2D eigenvalue weighted by molar-refractivity contribution is -0.132. The van der Waals surface area contributed by atoms with E-state index in [2.05, 4.69) is 71.4 Å². The Labute approximate surface area is 196 Å². The average Bonchev–Trinajstić information content (AvgIpc) is 2.82. The third-order valence-corrected chi connectivity index (χ3v) is 6.18. The maximum atomic E-state index is 11.5. The summed E-state index contributed by atoms with van der Waals surface area (Å²) in [6, 6.07) is 15.1. The predicted octanol–water partition coefficient (Wildman–Crippen LogP) is 5.18. The Morgan fingerprint density at radius 3 is 2.67 bits per heavy atom. The van der Waals surface area contributed by atoms with E-state index in [1.807, 2.05) is 0 Å². The first-order chi connectivity index (χ1) is 15.9. The SMILES string of the molecule is C=N/C=C\C(C(=O)O)=C(/C)NC[C@@H]1CCCc2cc(N(C)c3ccc(COC)cc3)ccc21. The minimum absolute atomic E-state index is 0.201. The van der Waals surface area contributed by atoms with Crippen molar-refractivity contribution < 1.29 is 14.6 Å². The third kappa shape index (κ3) is 6.11. The van der Waals surface area contributed by atoms with Crippen LogP contribution in [0.3, 0.4) is 0 Å². The minimum atomic E-state index is -0.980. The number of nitrogens with one attached hydrogen (secondary N) is 1. The van der Waals surface area contributed by atoms with Gasteiger partial charge in [-0.15, -0.1) is 0 Å². The number of aryl methyl sites for hydroxylation is 1. The molecule has 3 rings (SSSR count). The zero-order chi connectivity index (χ0) is 23.8. The lowest BCUT2D eigenvalue weighted by atomic mass is 9.82. The van der Waals surface area contributed by atoms with Crippen LogP contribution in [0.2, 0.25) is 0 Å². The summed E-state index contributed by atoms with van der Waals surface area (Å²) in [5.74, 6) is -0.639. The number of carbonyl (C=O) groups is 1. The topological polar surface area (TPSA) is 74.2 Å². The number of nitrogens with zero attached hydrogens (tertiary/aromatic N) is 2. The van der Waals surface area contributed by atoms with E-state index in [-0.39, 0.29) is 5.57 Å². The highest BCUT2D eigenvalue weighted by atomic mass is 16.5. The fourth-order valence-corrected chi connectivity index (χ4v) is 4.31. The maximum absolute atomic E-state index is 11.5. The second kappa shape index (κ2) is 11.5. The van der Waals surface area contributed by atoms with Crippen molar-refractivity contribution in [1.29, 1.82) is 0 Å². The zero-order valence-electron chi connectivity index (χ0n) is 19.7. The van der Waals surface area contributed by atoms with Crippen LogP contribution in [-0.2, 0) is 22.6 Å². The van der Waals surface area contributed by atoms with Crippen LogP contribution in [0.25, 0.3) is 0 Å². The van der Waals surface area contributed by atoms with Crippen molar-refractivity contribution in [3.63, 3.8) is 0 Å². The Kier molecular flexibility index (Phi) is 8.44. The summed E-state index contributed by atoms with van der Waals surface area (Å²) in [6.45, 7) is 6.46. The maximum Gasteiger partial charge on any atom is 0.337 e. The van der Waals surface area contributed by atoms with Crippen LogP contribution in [0.15, 0.2) is 71.0 Å². The fraction of sp³-hybridized carbons (Fsp3) is 0.333. The van der Waals surface area contributed by atoms with Crippen molar-refractivity contribution in [2.45, 2.75) is 38.7 Å². The fourth-order valence-electron chi connectivity index (χ4n) is 4.31. The van der Waals surface area contributed by atoms with Crippen molar-refractivity contribution in [3.8, 4) is 0 Å². The normalized spacial score (nSPS) is 16.2. The molecule has 0 aromatic heterocycles. The molecule has 0 fully saturated rings. The molecule has 6 heteroatoms. The number of allylic oxidation sites excluding steroid dienone is 1. The van der Waals surface area contributed by atoms with Gasteiger partial charge in [0, 0.05) is 49.9 Å². The van der Waals surface area contributed by atoms with E-state index in [9.17, 15) is 9.90 Å². The molecule has 174 valence electrons. The highest BCUT2D eigenvalue weighted by molar-refractivity contribution is 5.90. The van der Waals surface area contributed by atoms with Gasteiger partial charge in [0.15, 0.2) is 0 Å². The first-order valence-corrected chi connectivity index (χ1v) is 11.2. The van der Waals surface area contributed by atoms with Gasteiger partial charge >= 0.3 is 5.97 Å². The number of anilines is 2.